The minimum absolute atomic E-state index is 0.0135. The van der Waals surface area contributed by atoms with Crippen LogP contribution in [0.3, 0.4) is 0 Å². The topological polar surface area (TPSA) is 409 Å². The summed E-state index contributed by atoms with van der Waals surface area (Å²) >= 11 is 0. The second-order valence-electron chi connectivity index (χ2n) is 19.3. The van der Waals surface area contributed by atoms with Gasteiger partial charge in [-0.1, -0.05) is 61.8 Å². The number of nitrogens with zero attached hydrogens (tertiary/aromatic N) is 1. The third-order valence-electron chi connectivity index (χ3n) is 11.4. The molecule has 398 valence electrons. The van der Waals surface area contributed by atoms with Crippen LogP contribution in [-0.4, -0.2) is 132 Å². The summed E-state index contributed by atoms with van der Waals surface area (Å²) in [5.41, 5.74) is 34.2. The smallest absolute Gasteiger partial charge is 0.245 e. The zero-order valence-electron chi connectivity index (χ0n) is 42.7. The fourth-order valence-electron chi connectivity index (χ4n) is 7.29. The van der Waals surface area contributed by atoms with Crippen LogP contribution in [0.15, 0.2) is 4.99 Å². The van der Waals surface area contributed by atoms with Crippen molar-refractivity contribution in [3.63, 3.8) is 0 Å². The first-order valence-corrected chi connectivity index (χ1v) is 24.6. The van der Waals surface area contributed by atoms with E-state index in [1.54, 1.807) is 13.8 Å². The van der Waals surface area contributed by atoms with E-state index in [1.165, 1.54) is 6.92 Å². The van der Waals surface area contributed by atoms with Crippen LogP contribution in [0.1, 0.15) is 139 Å². The summed E-state index contributed by atoms with van der Waals surface area (Å²) in [5, 5.41) is 29.5. The molecule has 0 aromatic heterocycles. The van der Waals surface area contributed by atoms with Gasteiger partial charge in [-0.15, -0.1) is 0 Å². The Morgan fingerprint density at radius 1 is 0.478 bits per heavy atom. The maximum absolute atomic E-state index is 14.3. The molecule has 0 aliphatic rings. The fraction of sp³-hybridized carbons (Fsp3) is 0.804. The predicted molar refractivity (Wildman–Crippen MR) is 266 cm³/mol. The lowest BCUT2D eigenvalue weighted by Gasteiger charge is -2.30. The van der Waals surface area contributed by atoms with Crippen LogP contribution in [0.4, 0.5) is 0 Å². The Balaban J connectivity index is 6.71. The second kappa shape index (κ2) is 34.2. The number of aliphatic hydroxyl groups excluding tert-OH is 1. The number of unbranched alkanes of at least 4 members (excludes halogenated alkanes) is 2. The quantitative estimate of drug-likeness (QED) is 0.0185. The highest BCUT2D eigenvalue weighted by atomic mass is 16.3. The van der Waals surface area contributed by atoms with Gasteiger partial charge in [-0.2, -0.15) is 0 Å². The van der Waals surface area contributed by atoms with Crippen molar-refractivity contribution in [1.29, 1.82) is 0 Å². The summed E-state index contributed by atoms with van der Waals surface area (Å²) in [6.45, 7) is 16.7. The van der Waals surface area contributed by atoms with Crippen LogP contribution in [0, 0.1) is 23.7 Å². The van der Waals surface area contributed by atoms with Gasteiger partial charge in [-0.25, -0.2) is 0 Å². The molecule has 0 unspecified atom stereocenters. The molecule has 10 atom stereocenters. The van der Waals surface area contributed by atoms with E-state index in [0.717, 1.165) is 0 Å². The summed E-state index contributed by atoms with van der Waals surface area (Å²) in [6, 6.07) is -9.48. The van der Waals surface area contributed by atoms with Gasteiger partial charge in [-0.05, 0) is 114 Å². The van der Waals surface area contributed by atoms with Crippen molar-refractivity contribution in [2.75, 3.05) is 19.6 Å². The number of rotatable bonds is 36. The predicted octanol–water partition coefficient (Wildman–Crippen LogP) is -1.93. The van der Waals surface area contributed by atoms with Crippen LogP contribution in [0.25, 0.3) is 0 Å². The van der Waals surface area contributed by atoms with E-state index >= 15 is 0 Å². The molecule has 23 nitrogen and oxygen atoms in total. The molecule has 0 aliphatic heterocycles. The van der Waals surface area contributed by atoms with Crippen LogP contribution < -0.4 is 71.6 Å². The first-order valence-electron chi connectivity index (χ1n) is 24.6. The number of hydrogen-bond donors (Lipinski definition) is 14. The molecule has 0 aromatic rings. The number of nitrogens with two attached hydrogens (primary N) is 6. The van der Waals surface area contributed by atoms with E-state index in [0.29, 0.717) is 45.1 Å². The van der Waals surface area contributed by atoms with Crippen LogP contribution in [0.2, 0.25) is 0 Å². The average Bonchev–Trinajstić information content (AvgIpc) is 3.25. The van der Waals surface area contributed by atoms with Crippen molar-refractivity contribution in [2.45, 2.75) is 194 Å². The number of carbonyl (C=O) groups excluding carboxylic acids is 8. The molecule has 20 N–H and O–H groups in total. The SMILES string of the molecule is CC[C@H](C)[C@H](NC(=O)[C@H](CCCN=C(N)N)NC(=O)[C@H](CCCCN)NC(=O)[C@@H](N)CC(C)C)C(=O)N[C@@H](CCCCN)C(=O)N[C@H](C(=O)N[C@@H](CC(C)C)C(=O)N[C@@H](CC(C)C)C(N)=O)[C@@H](C)O. The van der Waals surface area contributed by atoms with Crippen molar-refractivity contribution in [1.82, 2.24) is 37.2 Å². The molecule has 0 aliphatic carbocycles. The van der Waals surface area contributed by atoms with Crippen LogP contribution in [-0.2, 0) is 38.4 Å². The molecule has 0 saturated carbocycles. The number of nitrogens with one attached hydrogen (secondary N) is 7. The van der Waals surface area contributed by atoms with E-state index in [-0.39, 0.29) is 75.3 Å². The van der Waals surface area contributed by atoms with Crippen molar-refractivity contribution >= 4 is 53.2 Å². The molecule has 0 heterocycles. The third kappa shape index (κ3) is 26.4. The van der Waals surface area contributed by atoms with Crippen molar-refractivity contribution in [2.24, 2.45) is 63.1 Å². The van der Waals surface area contributed by atoms with E-state index in [9.17, 15) is 43.5 Å². The number of aliphatic imine (C=N–C) groups is 1. The van der Waals surface area contributed by atoms with Gasteiger partial charge in [0.25, 0.3) is 0 Å². The maximum atomic E-state index is 14.3. The van der Waals surface area contributed by atoms with E-state index in [1.807, 2.05) is 41.5 Å². The molecule has 0 rings (SSSR count). The molecule has 0 radical (unpaired) electrons. The fourth-order valence-corrected chi connectivity index (χ4v) is 7.29. The minimum atomic E-state index is -1.60. The number of aliphatic hydroxyl groups is 1. The lowest BCUT2D eigenvalue weighted by molar-refractivity contribution is -0.137. The van der Waals surface area contributed by atoms with Crippen LogP contribution in [0.5, 0.6) is 0 Å². The summed E-state index contributed by atoms with van der Waals surface area (Å²) in [6.07, 6.45) is 2.10. The van der Waals surface area contributed by atoms with Gasteiger partial charge in [0.1, 0.15) is 42.3 Å². The summed E-state index contributed by atoms with van der Waals surface area (Å²) in [7, 11) is 0. The molecule has 0 spiro atoms. The molecule has 0 saturated heterocycles. The van der Waals surface area contributed by atoms with E-state index < -0.39 is 108 Å². The average molecular weight is 983 g/mol. The standard InChI is InChI=1S/C46H90N14O9/c1-10-28(8)36(59-41(65)33(18-15-21-53-46(51)52)55-40(64)31(16-11-13-19-47)54-39(63)30(49)22-25(2)3)44(68)56-32(17-12-14-20-48)42(66)60-37(29(9)61)45(69)58-35(24-27(6)7)43(67)57-34(38(50)62)23-26(4)5/h25-37,61H,10-24,47-49H2,1-9H3,(H2,50,62)(H,54,63)(H,55,64)(H,56,68)(H,57,67)(H,58,69)(H,59,65)(H,60,66)(H4,51,52,53)/t28-,29+,30-,31-,32-,33-,34-,35-,36-,37-/m0/s1. The Morgan fingerprint density at radius 2 is 0.855 bits per heavy atom. The third-order valence-corrected chi connectivity index (χ3v) is 11.4. The van der Waals surface area contributed by atoms with Crippen molar-refractivity contribution in [3.8, 4) is 0 Å². The number of hydrogen-bond acceptors (Lipinski definition) is 13. The van der Waals surface area contributed by atoms with Gasteiger partial charge >= 0.3 is 0 Å². The van der Waals surface area contributed by atoms with Gasteiger partial charge in [0.05, 0.1) is 12.1 Å². The maximum Gasteiger partial charge on any atom is 0.245 e. The highest BCUT2D eigenvalue weighted by Gasteiger charge is 2.36. The molecule has 0 fully saturated rings. The van der Waals surface area contributed by atoms with Gasteiger partial charge in [0.2, 0.25) is 47.3 Å². The first kappa shape index (κ1) is 63.9. The van der Waals surface area contributed by atoms with Gasteiger partial charge in [0.15, 0.2) is 5.96 Å². The Bertz CT molecular complexity index is 1640. The Kier molecular flexibility index (Phi) is 31.7. The van der Waals surface area contributed by atoms with E-state index in [4.69, 9.17) is 34.4 Å². The number of amides is 8. The molecule has 23 heteroatoms. The van der Waals surface area contributed by atoms with Crippen molar-refractivity contribution in [3.05, 3.63) is 0 Å². The summed E-state index contributed by atoms with van der Waals surface area (Å²) < 4.78 is 0. The highest BCUT2D eigenvalue weighted by molar-refractivity contribution is 5.98. The molecule has 0 aromatic carbocycles. The largest absolute Gasteiger partial charge is 0.391 e. The monoisotopic (exact) mass is 983 g/mol. The van der Waals surface area contributed by atoms with E-state index in [2.05, 4.69) is 42.2 Å². The van der Waals surface area contributed by atoms with Crippen LogP contribution >= 0.6 is 0 Å². The number of guanidine groups is 1. The molecular formula is C46H90N14O9. The molecule has 69 heavy (non-hydrogen) atoms. The number of primary amides is 1. The summed E-state index contributed by atoms with van der Waals surface area (Å²) in [4.78, 5) is 113. The lowest BCUT2D eigenvalue weighted by atomic mass is 9.96. The molecule has 8 amide bonds. The Hall–Kier alpha value is -5.13. The zero-order chi connectivity index (χ0) is 53.0. The Morgan fingerprint density at radius 3 is 1.29 bits per heavy atom. The van der Waals surface area contributed by atoms with Gasteiger partial charge in [-0.3, -0.25) is 43.3 Å². The van der Waals surface area contributed by atoms with Gasteiger partial charge < -0.3 is 76.7 Å². The lowest BCUT2D eigenvalue weighted by Crippen LogP contribution is -2.62. The normalized spacial score (nSPS) is 15.8. The first-order chi connectivity index (χ1) is 32.3. The summed E-state index contributed by atoms with van der Waals surface area (Å²) in [5.74, 6) is -6.50. The Labute approximate surface area is 409 Å². The highest BCUT2D eigenvalue weighted by Crippen LogP contribution is 2.14. The second-order valence-corrected chi connectivity index (χ2v) is 19.3. The number of carbonyl (C=O) groups is 8. The molecular weight excluding hydrogens is 893 g/mol. The minimum Gasteiger partial charge on any atom is -0.391 e. The van der Waals surface area contributed by atoms with Gasteiger partial charge in [0, 0.05) is 6.54 Å². The zero-order valence-corrected chi connectivity index (χ0v) is 42.7. The van der Waals surface area contributed by atoms with Crippen molar-refractivity contribution < 1.29 is 43.5 Å². The molecule has 0 bridgehead atoms.